The lowest BCUT2D eigenvalue weighted by atomic mass is 9.94. The maximum Gasteiger partial charge on any atom is 0.248 e. The van der Waals surface area contributed by atoms with Gasteiger partial charge in [-0.1, -0.05) is 43.5 Å². The molecule has 1 unspecified atom stereocenters. The van der Waals surface area contributed by atoms with Crippen LogP contribution < -0.4 is 10.2 Å². The number of carbonyl (C=O) groups excluding carboxylic acids is 2. The third kappa shape index (κ3) is 5.85. The fraction of sp³-hybridized carbons (Fsp3) is 0.308. The SMILES string of the molecule is O=C(NC1CCCCC1)C(c1ccc(F)cc1)N(C(=O)Cc1cccs1)c1cccc(F)c1. The third-order valence-electron chi connectivity index (χ3n) is 5.90. The van der Waals surface area contributed by atoms with Gasteiger partial charge >= 0.3 is 0 Å². The van der Waals surface area contributed by atoms with Crippen molar-refractivity contribution in [1.82, 2.24) is 5.32 Å². The minimum absolute atomic E-state index is 0.0240. The molecule has 1 fully saturated rings. The Morgan fingerprint density at radius 1 is 0.970 bits per heavy atom. The van der Waals surface area contributed by atoms with Crippen LogP contribution in [0.2, 0.25) is 0 Å². The van der Waals surface area contributed by atoms with Gasteiger partial charge in [0.05, 0.1) is 6.42 Å². The molecule has 7 heteroatoms. The number of amides is 2. The molecule has 2 amide bonds. The second kappa shape index (κ2) is 10.7. The van der Waals surface area contributed by atoms with Crippen molar-refractivity contribution < 1.29 is 18.4 Å². The van der Waals surface area contributed by atoms with Crippen LogP contribution in [0.5, 0.6) is 0 Å². The Balaban J connectivity index is 1.74. The number of rotatable bonds is 7. The molecule has 4 rings (SSSR count). The van der Waals surface area contributed by atoms with Crippen LogP contribution in [0.25, 0.3) is 0 Å². The molecular weight excluding hydrogens is 442 g/mol. The van der Waals surface area contributed by atoms with E-state index < -0.39 is 17.7 Å². The lowest BCUT2D eigenvalue weighted by Crippen LogP contribution is -2.47. The number of anilines is 1. The molecule has 1 atom stereocenters. The van der Waals surface area contributed by atoms with Crippen molar-refractivity contribution in [3.8, 4) is 0 Å². The van der Waals surface area contributed by atoms with Gasteiger partial charge in [0.2, 0.25) is 11.8 Å². The minimum Gasteiger partial charge on any atom is -0.351 e. The number of hydrogen-bond donors (Lipinski definition) is 1. The summed E-state index contributed by atoms with van der Waals surface area (Å²) in [5.74, 6) is -1.63. The fourth-order valence-corrected chi connectivity index (χ4v) is 5.00. The Bertz CT molecular complexity index is 1080. The molecule has 3 aromatic rings. The van der Waals surface area contributed by atoms with Crippen LogP contribution in [0, 0.1) is 11.6 Å². The van der Waals surface area contributed by atoms with Gasteiger partial charge in [0.1, 0.15) is 17.7 Å². The molecule has 1 N–H and O–H groups in total. The Labute approximate surface area is 196 Å². The highest BCUT2D eigenvalue weighted by molar-refractivity contribution is 7.10. The molecule has 2 aromatic carbocycles. The predicted octanol–water partition coefficient (Wildman–Crippen LogP) is 5.79. The van der Waals surface area contributed by atoms with Crippen LogP contribution in [-0.4, -0.2) is 17.9 Å². The summed E-state index contributed by atoms with van der Waals surface area (Å²) in [6, 6.07) is 13.9. The normalized spacial score (nSPS) is 15.1. The largest absolute Gasteiger partial charge is 0.351 e. The standard InChI is InChI=1S/C26H26F2N2O2S/c27-19-13-11-18(12-14-19)25(26(32)29-21-7-2-1-3-8-21)30(22-9-4-6-20(28)16-22)24(31)17-23-10-5-15-33-23/h4-6,9-16,21,25H,1-3,7-8,17H2,(H,29,32). The van der Waals surface area contributed by atoms with Crippen molar-refractivity contribution >= 4 is 28.8 Å². The molecule has 1 saturated carbocycles. The Kier molecular flexibility index (Phi) is 7.50. The topological polar surface area (TPSA) is 49.4 Å². The van der Waals surface area contributed by atoms with Crippen molar-refractivity contribution in [2.75, 3.05) is 4.90 Å². The van der Waals surface area contributed by atoms with E-state index in [0.29, 0.717) is 5.56 Å². The predicted molar refractivity (Wildman–Crippen MR) is 126 cm³/mol. The van der Waals surface area contributed by atoms with Crippen LogP contribution >= 0.6 is 11.3 Å². The van der Waals surface area contributed by atoms with Crippen LogP contribution in [0.1, 0.15) is 48.6 Å². The number of nitrogens with zero attached hydrogens (tertiary/aromatic N) is 1. The van der Waals surface area contributed by atoms with E-state index in [1.165, 1.54) is 58.7 Å². The molecule has 1 heterocycles. The molecule has 1 aromatic heterocycles. The van der Waals surface area contributed by atoms with Gasteiger partial charge in [-0.05, 0) is 60.2 Å². The highest BCUT2D eigenvalue weighted by Gasteiger charge is 2.34. The highest BCUT2D eigenvalue weighted by Crippen LogP contribution is 2.31. The van der Waals surface area contributed by atoms with E-state index in [0.717, 1.165) is 37.0 Å². The molecule has 0 spiro atoms. The van der Waals surface area contributed by atoms with Crippen molar-refractivity contribution in [3.05, 3.63) is 88.1 Å². The third-order valence-corrected chi connectivity index (χ3v) is 6.78. The molecule has 1 aliphatic carbocycles. The number of halogens is 2. The summed E-state index contributed by atoms with van der Waals surface area (Å²) in [6.45, 7) is 0. The van der Waals surface area contributed by atoms with Gasteiger partial charge in [-0.25, -0.2) is 8.78 Å². The van der Waals surface area contributed by atoms with Gasteiger partial charge in [0.25, 0.3) is 0 Å². The van der Waals surface area contributed by atoms with E-state index in [-0.39, 0.29) is 30.0 Å². The number of carbonyl (C=O) groups is 2. The summed E-state index contributed by atoms with van der Waals surface area (Å²) in [5, 5.41) is 4.97. The molecule has 172 valence electrons. The van der Waals surface area contributed by atoms with E-state index in [4.69, 9.17) is 0 Å². The Hall–Kier alpha value is -3.06. The fourth-order valence-electron chi connectivity index (χ4n) is 4.30. The van der Waals surface area contributed by atoms with Gasteiger partial charge in [0.15, 0.2) is 0 Å². The quantitative estimate of drug-likeness (QED) is 0.477. The molecule has 0 bridgehead atoms. The van der Waals surface area contributed by atoms with Crippen LogP contribution in [-0.2, 0) is 16.0 Å². The van der Waals surface area contributed by atoms with Gasteiger partial charge < -0.3 is 5.32 Å². The zero-order valence-electron chi connectivity index (χ0n) is 18.2. The smallest absolute Gasteiger partial charge is 0.248 e. The lowest BCUT2D eigenvalue weighted by molar-refractivity contribution is -0.127. The summed E-state index contributed by atoms with van der Waals surface area (Å²) in [5.41, 5.74) is 0.748. The second-order valence-electron chi connectivity index (χ2n) is 8.30. The zero-order chi connectivity index (χ0) is 23.2. The molecule has 0 aliphatic heterocycles. The van der Waals surface area contributed by atoms with E-state index in [2.05, 4.69) is 5.32 Å². The first-order valence-corrected chi connectivity index (χ1v) is 12.0. The summed E-state index contributed by atoms with van der Waals surface area (Å²) in [4.78, 5) is 29.4. The molecule has 33 heavy (non-hydrogen) atoms. The van der Waals surface area contributed by atoms with Gasteiger partial charge in [-0.3, -0.25) is 14.5 Å². The van der Waals surface area contributed by atoms with Gasteiger partial charge in [-0.2, -0.15) is 0 Å². The summed E-state index contributed by atoms with van der Waals surface area (Å²) < 4.78 is 27.9. The molecule has 1 aliphatic rings. The molecule has 0 saturated heterocycles. The average molecular weight is 469 g/mol. The molecule has 4 nitrogen and oxygen atoms in total. The number of hydrogen-bond acceptors (Lipinski definition) is 3. The summed E-state index contributed by atoms with van der Waals surface area (Å²) in [7, 11) is 0. The summed E-state index contributed by atoms with van der Waals surface area (Å²) in [6.07, 6.45) is 5.05. The summed E-state index contributed by atoms with van der Waals surface area (Å²) >= 11 is 1.44. The van der Waals surface area contributed by atoms with E-state index >= 15 is 0 Å². The zero-order valence-corrected chi connectivity index (χ0v) is 19.0. The van der Waals surface area contributed by atoms with Gasteiger partial charge in [-0.15, -0.1) is 11.3 Å². The molecular formula is C26H26F2N2O2S. The van der Waals surface area contributed by atoms with Crippen LogP contribution in [0.3, 0.4) is 0 Å². The average Bonchev–Trinajstić information content (AvgIpc) is 3.31. The Morgan fingerprint density at radius 2 is 1.73 bits per heavy atom. The van der Waals surface area contributed by atoms with Crippen LogP contribution in [0.15, 0.2) is 66.0 Å². The van der Waals surface area contributed by atoms with Crippen molar-refractivity contribution in [2.24, 2.45) is 0 Å². The van der Waals surface area contributed by atoms with Gasteiger partial charge in [0, 0.05) is 16.6 Å². The van der Waals surface area contributed by atoms with E-state index in [1.54, 1.807) is 6.07 Å². The highest BCUT2D eigenvalue weighted by atomic mass is 32.1. The van der Waals surface area contributed by atoms with E-state index in [1.807, 2.05) is 17.5 Å². The van der Waals surface area contributed by atoms with E-state index in [9.17, 15) is 18.4 Å². The number of nitrogens with one attached hydrogen (secondary N) is 1. The first-order chi connectivity index (χ1) is 16.0. The van der Waals surface area contributed by atoms with Crippen molar-refractivity contribution in [2.45, 2.75) is 50.6 Å². The first-order valence-electron chi connectivity index (χ1n) is 11.2. The number of thiophene rings is 1. The monoisotopic (exact) mass is 468 g/mol. The lowest BCUT2D eigenvalue weighted by Gasteiger charge is -2.33. The molecule has 0 radical (unpaired) electrons. The van der Waals surface area contributed by atoms with Crippen molar-refractivity contribution in [3.63, 3.8) is 0 Å². The minimum atomic E-state index is -1.05. The second-order valence-corrected chi connectivity index (χ2v) is 9.33. The Morgan fingerprint density at radius 3 is 2.39 bits per heavy atom. The van der Waals surface area contributed by atoms with Crippen molar-refractivity contribution in [1.29, 1.82) is 0 Å². The van der Waals surface area contributed by atoms with Crippen LogP contribution in [0.4, 0.5) is 14.5 Å². The maximum atomic E-state index is 14.2. The number of benzene rings is 2. The maximum absolute atomic E-state index is 14.2. The first kappa shape index (κ1) is 23.1.